The molecule has 3 aromatic rings. The van der Waals surface area contributed by atoms with E-state index in [1.165, 1.54) is 0 Å². The summed E-state index contributed by atoms with van der Waals surface area (Å²) < 4.78 is 11.3. The third kappa shape index (κ3) is 6.35. The highest BCUT2D eigenvalue weighted by Crippen LogP contribution is 2.31. The lowest BCUT2D eigenvalue weighted by Gasteiger charge is -2.23. The summed E-state index contributed by atoms with van der Waals surface area (Å²) in [7, 11) is 0. The number of carbonyl (C=O) groups is 2. The molecule has 0 aromatic heterocycles. The Hall–Kier alpha value is -3.80. The van der Waals surface area contributed by atoms with Crippen LogP contribution >= 0.6 is 0 Å². The van der Waals surface area contributed by atoms with Crippen LogP contribution in [0.2, 0.25) is 0 Å². The van der Waals surface area contributed by atoms with Crippen LogP contribution in [0.25, 0.3) is 0 Å². The van der Waals surface area contributed by atoms with Crippen molar-refractivity contribution in [2.24, 2.45) is 0 Å². The fourth-order valence-electron chi connectivity index (χ4n) is 3.47. The van der Waals surface area contributed by atoms with Crippen LogP contribution in [0.4, 0.5) is 0 Å². The van der Waals surface area contributed by atoms with Crippen LogP contribution in [0, 0.1) is 0 Å². The Morgan fingerprint density at radius 3 is 2.00 bits per heavy atom. The van der Waals surface area contributed by atoms with Gasteiger partial charge in [-0.2, -0.15) is 0 Å². The van der Waals surface area contributed by atoms with E-state index in [0.717, 1.165) is 5.56 Å². The lowest BCUT2D eigenvalue weighted by molar-refractivity contribution is -0.123. The second kappa shape index (κ2) is 11.7. The molecule has 0 heterocycles. The van der Waals surface area contributed by atoms with Crippen LogP contribution in [0.1, 0.15) is 54.3 Å². The maximum atomic E-state index is 13.3. The number of nitrogens with one attached hydrogen (secondary N) is 2. The molecule has 33 heavy (non-hydrogen) atoms. The topological polar surface area (TPSA) is 76.7 Å². The van der Waals surface area contributed by atoms with Gasteiger partial charge in [0.1, 0.15) is 6.04 Å². The number of benzene rings is 3. The number of carbonyl (C=O) groups excluding carboxylic acids is 2. The number of ether oxygens (including phenoxy) is 2. The molecule has 2 atom stereocenters. The van der Waals surface area contributed by atoms with Crippen LogP contribution in [0.5, 0.6) is 11.5 Å². The van der Waals surface area contributed by atoms with Crippen LogP contribution in [0.3, 0.4) is 0 Å². The van der Waals surface area contributed by atoms with Crippen molar-refractivity contribution in [3.8, 4) is 11.5 Å². The van der Waals surface area contributed by atoms with Gasteiger partial charge in [-0.25, -0.2) is 0 Å². The molecule has 3 rings (SSSR count). The maximum Gasteiger partial charge on any atom is 0.252 e. The SMILES string of the molecule is CCOc1ccc(C(C)NC(=O)C(NC(=O)c2ccccc2)c2ccccc2)cc1OCC. The summed E-state index contributed by atoms with van der Waals surface area (Å²) >= 11 is 0. The summed E-state index contributed by atoms with van der Waals surface area (Å²) in [5, 5.41) is 5.89. The Morgan fingerprint density at radius 2 is 1.36 bits per heavy atom. The minimum atomic E-state index is -0.838. The van der Waals surface area contributed by atoms with Gasteiger partial charge in [0.2, 0.25) is 5.91 Å². The minimum Gasteiger partial charge on any atom is -0.490 e. The Kier molecular flexibility index (Phi) is 8.47. The lowest BCUT2D eigenvalue weighted by Crippen LogP contribution is -2.41. The highest BCUT2D eigenvalue weighted by Gasteiger charge is 2.25. The second-order valence-electron chi connectivity index (χ2n) is 7.49. The first kappa shape index (κ1) is 23.9. The number of hydrogen-bond acceptors (Lipinski definition) is 4. The van der Waals surface area contributed by atoms with E-state index in [4.69, 9.17) is 9.47 Å². The van der Waals surface area contributed by atoms with Crippen molar-refractivity contribution >= 4 is 11.8 Å². The maximum absolute atomic E-state index is 13.3. The zero-order valence-corrected chi connectivity index (χ0v) is 19.2. The molecular formula is C27H30N2O4. The molecule has 2 unspecified atom stereocenters. The summed E-state index contributed by atoms with van der Waals surface area (Å²) in [6, 6.07) is 22.5. The number of rotatable bonds is 10. The van der Waals surface area contributed by atoms with Crippen LogP contribution in [-0.2, 0) is 4.79 Å². The highest BCUT2D eigenvalue weighted by molar-refractivity contribution is 5.97. The molecule has 0 spiro atoms. The molecule has 0 radical (unpaired) electrons. The molecule has 6 nitrogen and oxygen atoms in total. The number of amides is 2. The Balaban J connectivity index is 1.80. The van der Waals surface area contributed by atoms with E-state index < -0.39 is 6.04 Å². The molecule has 6 heteroatoms. The van der Waals surface area contributed by atoms with Gasteiger partial charge >= 0.3 is 0 Å². The monoisotopic (exact) mass is 446 g/mol. The van der Waals surface area contributed by atoms with Gasteiger partial charge in [0.05, 0.1) is 19.3 Å². The first-order chi connectivity index (χ1) is 16.0. The van der Waals surface area contributed by atoms with Gasteiger partial charge in [0.15, 0.2) is 11.5 Å². The Labute approximate surface area is 194 Å². The van der Waals surface area contributed by atoms with E-state index in [0.29, 0.717) is 35.8 Å². The van der Waals surface area contributed by atoms with Gasteiger partial charge in [0, 0.05) is 5.56 Å². The summed E-state index contributed by atoms with van der Waals surface area (Å²) in [6.45, 7) is 6.76. The molecule has 0 aliphatic heterocycles. The third-order valence-electron chi connectivity index (χ3n) is 5.13. The third-order valence-corrected chi connectivity index (χ3v) is 5.13. The largest absolute Gasteiger partial charge is 0.490 e. The van der Waals surface area contributed by atoms with Gasteiger partial charge in [0.25, 0.3) is 5.91 Å². The van der Waals surface area contributed by atoms with E-state index in [1.807, 2.05) is 75.4 Å². The Morgan fingerprint density at radius 1 is 0.758 bits per heavy atom. The van der Waals surface area contributed by atoms with Crippen LogP contribution in [0.15, 0.2) is 78.9 Å². The molecule has 2 amide bonds. The van der Waals surface area contributed by atoms with Crippen LogP contribution in [-0.4, -0.2) is 25.0 Å². The minimum absolute atomic E-state index is 0.301. The zero-order valence-electron chi connectivity index (χ0n) is 19.2. The summed E-state index contributed by atoms with van der Waals surface area (Å²) in [4.78, 5) is 26.1. The average Bonchev–Trinajstić information content (AvgIpc) is 2.84. The quantitative estimate of drug-likeness (QED) is 0.468. The molecule has 0 fully saturated rings. The molecule has 0 aliphatic rings. The van der Waals surface area contributed by atoms with Crippen molar-refractivity contribution in [3.05, 3.63) is 95.6 Å². The first-order valence-corrected chi connectivity index (χ1v) is 11.1. The Bertz CT molecular complexity index is 1050. The molecular weight excluding hydrogens is 416 g/mol. The van der Waals surface area contributed by atoms with Crippen molar-refractivity contribution < 1.29 is 19.1 Å². The van der Waals surface area contributed by atoms with E-state index in [2.05, 4.69) is 10.6 Å². The molecule has 2 N–H and O–H groups in total. The molecule has 0 aliphatic carbocycles. The normalized spacial score (nSPS) is 12.3. The highest BCUT2D eigenvalue weighted by atomic mass is 16.5. The van der Waals surface area contributed by atoms with Crippen molar-refractivity contribution in [1.29, 1.82) is 0 Å². The second-order valence-corrected chi connectivity index (χ2v) is 7.49. The molecule has 172 valence electrons. The fraction of sp³-hybridized carbons (Fsp3) is 0.259. The van der Waals surface area contributed by atoms with E-state index in [9.17, 15) is 9.59 Å². The molecule has 0 bridgehead atoms. The molecule has 0 saturated heterocycles. The lowest BCUT2D eigenvalue weighted by atomic mass is 10.0. The molecule has 3 aromatic carbocycles. The predicted octanol–water partition coefficient (Wildman–Crippen LogP) is 4.83. The van der Waals surface area contributed by atoms with Crippen molar-refractivity contribution in [2.75, 3.05) is 13.2 Å². The standard InChI is InChI=1S/C27H30N2O4/c1-4-32-23-17-16-22(18-24(23)33-5-2)19(3)28-27(31)25(20-12-8-6-9-13-20)29-26(30)21-14-10-7-11-15-21/h6-19,25H,4-5H2,1-3H3,(H,28,31)(H,29,30). The van der Waals surface area contributed by atoms with E-state index in [1.54, 1.807) is 24.3 Å². The summed E-state index contributed by atoms with van der Waals surface area (Å²) in [5.41, 5.74) is 2.07. The smallest absolute Gasteiger partial charge is 0.252 e. The van der Waals surface area contributed by atoms with Crippen molar-refractivity contribution in [1.82, 2.24) is 10.6 Å². The van der Waals surface area contributed by atoms with E-state index in [-0.39, 0.29) is 17.9 Å². The van der Waals surface area contributed by atoms with Crippen LogP contribution < -0.4 is 20.1 Å². The first-order valence-electron chi connectivity index (χ1n) is 11.1. The van der Waals surface area contributed by atoms with E-state index >= 15 is 0 Å². The van der Waals surface area contributed by atoms with Crippen molar-refractivity contribution in [3.63, 3.8) is 0 Å². The van der Waals surface area contributed by atoms with Gasteiger partial charge < -0.3 is 20.1 Å². The van der Waals surface area contributed by atoms with Crippen molar-refractivity contribution in [2.45, 2.75) is 32.9 Å². The average molecular weight is 447 g/mol. The predicted molar refractivity (Wildman–Crippen MR) is 128 cm³/mol. The number of hydrogen-bond donors (Lipinski definition) is 2. The summed E-state index contributed by atoms with van der Waals surface area (Å²) in [5.74, 6) is 0.686. The molecule has 0 saturated carbocycles. The fourth-order valence-corrected chi connectivity index (χ4v) is 3.47. The zero-order chi connectivity index (χ0) is 23.6. The van der Waals surface area contributed by atoms with Gasteiger partial charge in [-0.15, -0.1) is 0 Å². The summed E-state index contributed by atoms with van der Waals surface area (Å²) in [6.07, 6.45) is 0. The van der Waals surface area contributed by atoms with Gasteiger partial charge in [-0.3, -0.25) is 9.59 Å². The van der Waals surface area contributed by atoms with Gasteiger partial charge in [-0.1, -0.05) is 54.6 Å². The van der Waals surface area contributed by atoms with Gasteiger partial charge in [-0.05, 0) is 56.2 Å².